The number of anilines is 2. The SMILES string of the molecule is CNc1cc([N+](=O)[O-])cc(NCc2cscn2)n1. The van der Waals surface area contributed by atoms with E-state index in [2.05, 4.69) is 20.6 Å². The zero-order valence-electron chi connectivity index (χ0n) is 9.58. The normalized spacial score (nSPS) is 10.1. The molecule has 2 heterocycles. The van der Waals surface area contributed by atoms with Crippen LogP contribution in [-0.4, -0.2) is 21.9 Å². The molecule has 7 nitrogen and oxygen atoms in total. The highest BCUT2D eigenvalue weighted by Crippen LogP contribution is 2.20. The molecule has 0 unspecified atom stereocenters. The number of nitrogens with zero attached hydrogens (tertiary/aromatic N) is 3. The maximum Gasteiger partial charge on any atom is 0.276 e. The second-order valence-corrected chi connectivity index (χ2v) is 4.15. The lowest BCUT2D eigenvalue weighted by Crippen LogP contribution is -2.04. The Morgan fingerprint density at radius 1 is 1.44 bits per heavy atom. The van der Waals surface area contributed by atoms with Gasteiger partial charge in [-0.1, -0.05) is 0 Å². The predicted molar refractivity (Wildman–Crippen MR) is 69.9 cm³/mol. The Kier molecular flexibility index (Phi) is 3.68. The molecular weight excluding hydrogens is 254 g/mol. The van der Waals surface area contributed by atoms with E-state index in [-0.39, 0.29) is 5.69 Å². The molecule has 18 heavy (non-hydrogen) atoms. The van der Waals surface area contributed by atoms with Crippen molar-refractivity contribution in [3.05, 3.63) is 38.8 Å². The minimum absolute atomic E-state index is 0.00451. The van der Waals surface area contributed by atoms with Crippen molar-refractivity contribution in [2.75, 3.05) is 17.7 Å². The quantitative estimate of drug-likeness (QED) is 0.635. The molecule has 0 saturated heterocycles. The molecule has 2 aromatic rings. The summed E-state index contributed by atoms with van der Waals surface area (Å²) in [7, 11) is 1.66. The lowest BCUT2D eigenvalue weighted by atomic mass is 10.3. The molecule has 0 bridgehead atoms. The van der Waals surface area contributed by atoms with Gasteiger partial charge in [0.05, 0.1) is 34.8 Å². The molecule has 0 aliphatic rings. The lowest BCUT2D eigenvalue weighted by Gasteiger charge is -2.06. The van der Waals surface area contributed by atoms with E-state index in [4.69, 9.17) is 0 Å². The number of thiazole rings is 1. The number of hydrogen-bond acceptors (Lipinski definition) is 7. The molecule has 0 aromatic carbocycles. The van der Waals surface area contributed by atoms with Crippen molar-refractivity contribution < 1.29 is 4.92 Å². The summed E-state index contributed by atoms with van der Waals surface area (Å²) >= 11 is 1.50. The first kappa shape index (κ1) is 12.2. The Morgan fingerprint density at radius 2 is 2.22 bits per heavy atom. The summed E-state index contributed by atoms with van der Waals surface area (Å²) in [5.41, 5.74) is 2.60. The van der Waals surface area contributed by atoms with Crippen LogP contribution in [0.15, 0.2) is 23.0 Å². The van der Waals surface area contributed by atoms with Crippen molar-refractivity contribution >= 4 is 28.7 Å². The first-order valence-corrected chi connectivity index (χ1v) is 6.08. The Morgan fingerprint density at radius 3 is 2.83 bits per heavy atom. The third-order valence-corrected chi connectivity index (χ3v) is 2.85. The number of hydrogen-bond donors (Lipinski definition) is 2. The highest BCUT2D eigenvalue weighted by molar-refractivity contribution is 7.07. The van der Waals surface area contributed by atoms with Crippen LogP contribution in [0.25, 0.3) is 0 Å². The molecule has 2 rings (SSSR count). The van der Waals surface area contributed by atoms with Gasteiger partial charge < -0.3 is 10.6 Å². The van der Waals surface area contributed by atoms with Crippen LogP contribution in [0.2, 0.25) is 0 Å². The summed E-state index contributed by atoms with van der Waals surface area (Å²) in [4.78, 5) is 18.6. The minimum atomic E-state index is -0.448. The average Bonchev–Trinajstić information content (AvgIpc) is 2.89. The maximum absolute atomic E-state index is 10.8. The van der Waals surface area contributed by atoms with Gasteiger partial charge in [0, 0.05) is 12.4 Å². The third kappa shape index (κ3) is 2.92. The Hall–Kier alpha value is -2.22. The Labute approximate surface area is 107 Å². The highest BCUT2D eigenvalue weighted by Gasteiger charge is 2.10. The molecule has 2 aromatic heterocycles. The lowest BCUT2D eigenvalue weighted by molar-refractivity contribution is -0.384. The molecule has 94 valence electrons. The second kappa shape index (κ2) is 5.41. The van der Waals surface area contributed by atoms with E-state index < -0.39 is 4.92 Å². The summed E-state index contributed by atoms with van der Waals surface area (Å²) < 4.78 is 0. The second-order valence-electron chi connectivity index (χ2n) is 3.44. The fourth-order valence-corrected chi connectivity index (χ4v) is 1.90. The van der Waals surface area contributed by atoms with Crippen molar-refractivity contribution in [2.24, 2.45) is 0 Å². The van der Waals surface area contributed by atoms with Crippen LogP contribution < -0.4 is 10.6 Å². The minimum Gasteiger partial charge on any atom is -0.373 e. The molecule has 0 radical (unpaired) electrons. The predicted octanol–water partition coefficient (Wildman–Crippen LogP) is 2.10. The van der Waals surface area contributed by atoms with Crippen LogP contribution >= 0.6 is 11.3 Å². The number of aromatic nitrogens is 2. The van der Waals surface area contributed by atoms with Gasteiger partial charge in [-0.2, -0.15) is 0 Å². The van der Waals surface area contributed by atoms with Gasteiger partial charge in [-0.3, -0.25) is 10.1 Å². The standard InChI is InChI=1S/C10H11N5O2S/c1-11-9-2-8(15(16)17)3-10(14-9)12-4-7-5-18-6-13-7/h2-3,5-6H,4H2,1H3,(H2,11,12,14). The van der Waals surface area contributed by atoms with Crippen molar-refractivity contribution in [1.82, 2.24) is 9.97 Å². The summed E-state index contributed by atoms with van der Waals surface area (Å²) in [6.07, 6.45) is 0. The largest absolute Gasteiger partial charge is 0.373 e. The Bertz CT molecular complexity index is 543. The summed E-state index contributed by atoms with van der Waals surface area (Å²) in [5, 5.41) is 18.5. The van der Waals surface area contributed by atoms with Crippen LogP contribution in [0.4, 0.5) is 17.3 Å². The van der Waals surface area contributed by atoms with Crippen molar-refractivity contribution in [2.45, 2.75) is 6.54 Å². The van der Waals surface area contributed by atoms with Gasteiger partial charge in [0.1, 0.15) is 11.6 Å². The van der Waals surface area contributed by atoms with Crippen molar-refractivity contribution in [3.8, 4) is 0 Å². The van der Waals surface area contributed by atoms with Crippen LogP contribution in [0.3, 0.4) is 0 Å². The van der Waals surface area contributed by atoms with E-state index in [0.29, 0.717) is 18.2 Å². The number of rotatable bonds is 5. The van der Waals surface area contributed by atoms with Gasteiger partial charge in [-0.05, 0) is 0 Å². The van der Waals surface area contributed by atoms with Gasteiger partial charge in [0.2, 0.25) is 0 Å². The van der Waals surface area contributed by atoms with Gasteiger partial charge in [-0.15, -0.1) is 11.3 Å². The van der Waals surface area contributed by atoms with Gasteiger partial charge >= 0.3 is 0 Å². The van der Waals surface area contributed by atoms with Gasteiger partial charge in [-0.25, -0.2) is 9.97 Å². The number of pyridine rings is 1. The van der Waals surface area contributed by atoms with E-state index in [1.54, 1.807) is 12.6 Å². The van der Waals surface area contributed by atoms with Crippen LogP contribution in [0, 0.1) is 10.1 Å². The molecular formula is C10H11N5O2S. The third-order valence-electron chi connectivity index (χ3n) is 2.21. The van der Waals surface area contributed by atoms with E-state index >= 15 is 0 Å². The van der Waals surface area contributed by atoms with Crippen LogP contribution in [0.5, 0.6) is 0 Å². The molecule has 8 heteroatoms. The van der Waals surface area contributed by atoms with Gasteiger partial charge in [0.15, 0.2) is 0 Å². The van der Waals surface area contributed by atoms with E-state index in [9.17, 15) is 10.1 Å². The van der Waals surface area contributed by atoms with Gasteiger partial charge in [0.25, 0.3) is 5.69 Å². The molecule has 0 aliphatic carbocycles. The van der Waals surface area contributed by atoms with Crippen LogP contribution in [0.1, 0.15) is 5.69 Å². The van der Waals surface area contributed by atoms with Crippen molar-refractivity contribution in [1.29, 1.82) is 0 Å². The average molecular weight is 265 g/mol. The zero-order valence-corrected chi connectivity index (χ0v) is 10.4. The first-order chi connectivity index (χ1) is 8.69. The molecule has 0 aliphatic heterocycles. The topological polar surface area (TPSA) is 93.0 Å². The molecule has 0 amide bonds. The monoisotopic (exact) mass is 265 g/mol. The number of nitro groups is 1. The summed E-state index contributed by atoms with van der Waals surface area (Å²) in [6, 6.07) is 2.78. The Balaban J connectivity index is 2.16. The zero-order chi connectivity index (χ0) is 13.0. The molecule has 2 N–H and O–H groups in total. The summed E-state index contributed by atoms with van der Waals surface area (Å²) in [6.45, 7) is 0.487. The summed E-state index contributed by atoms with van der Waals surface area (Å²) in [5.74, 6) is 0.895. The fraction of sp³-hybridized carbons (Fsp3) is 0.200. The smallest absolute Gasteiger partial charge is 0.276 e. The van der Waals surface area contributed by atoms with E-state index in [1.165, 1.54) is 23.5 Å². The fourth-order valence-electron chi connectivity index (χ4n) is 1.35. The highest BCUT2D eigenvalue weighted by atomic mass is 32.1. The van der Waals surface area contributed by atoms with Crippen LogP contribution in [-0.2, 0) is 6.54 Å². The van der Waals surface area contributed by atoms with E-state index in [0.717, 1.165) is 5.69 Å². The van der Waals surface area contributed by atoms with Crippen molar-refractivity contribution in [3.63, 3.8) is 0 Å². The molecule has 0 fully saturated rings. The molecule has 0 atom stereocenters. The van der Waals surface area contributed by atoms with E-state index in [1.807, 2.05) is 5.38 Å². The number of nitrogens with one attached hydrogen (secondary N) is 2. The molecule has 0 saturated carbocycles. The maximum atomic E-state index is 10.8. The molecule has 0 spiro atoms. The first-order valence-electron chi connectivity index (χ1n) is 5.14.